The molecule has 2 aromatic carbocycles. The van der Waals surface area contributed by atoms with Gasteiger partial charge in [0.05, 0.1) is 12.2 Å². The van der Waals surface area contributed by atoms with E-state index in [0.717, 1.165) is 49.1 Å². The molecule has 1 fully saturated rings. The van der Waals surface area contributed by atoms with Crippen LogP contribution in [0.3, 0.4) is 0 Å². The lowest BCUT2D eigenvalue weighted by Crippen LogP contribution is -2.47. The second kappa shape index (κ2) is 9.87. The van der Waals surface area contributed by atoms with Crippen LogP contribution in [0.4, 0.5) is 5.69 Å². The summed E-state index contributed by atoms with van der Waals surface area (Å²) in [6, 6.07) is 10.2. The monoisotopic (exact) mass is 565 g/mol. The van der Waals surface area contributed by atoms with Crippen molar-refractivity contribution in [3.8, 4) is 0 Å². The molecule has 0 unspecified atom stereocenters. The highest BCUT2D eigenvalue weighted by atomic mass is 32.2. The summed E-state index contributed by atoms with van der Waals surface area (Å²) in [6.07, 6.45) is 0.772. The molecule has 0 amide bonds. The van der Waals surface area contributed by atoms with E-state index in [1.807, 2.05) is 0 Å². The van der Waals surface area contributed by atoms with Crippen molar-refractivity contribution in [2.24, 2.45) is 7.05 Å². The average Bonchev–Trinajstić information content (AvgIpc) is 3.57. The van der Waals surface area contributed by atoms with Gasteiger partial charge in [0.2, 0.25) is 27.3 Å². The van der Waals surface area contributed by atoms with E-state index in [1.54, 1.807) is 52.9 Å². The molecular weight excluding hydrogens is 536 g/mol. The lowest BCUT2D eigenvalue weighted by Gasteiger charge is -2.36. The van der Waals surface area contributed by atoms with Gasteiger partial charge in [-0.25, -0.2) is 17.4 Å². The lowest BCUT2D eigenvalue weighted by molar-refractivity contribution is -0.805. The van der Waals surface area contributed by atoms with Crippen LogP contribution in [0.2, 0.25) is 0 Å². The van der Waals surface area contributed by atoms with Gasteiger partial charge in [0.15, 0.2) is 23.8 Å². The number of aromatic nitrogens is 5. The van der Waals surface area contributed by atoms with E-state index in [1.165, 1.54) is 14.1 Å². The van der Waals surface area contributed by atoms with Gasteiger partial charge in [-0.1, -0.05) is 24.3 Å². The minimum Gasteiger partial charge on any atom is -0.367 e. The van der Waals surface area contributed by atoms with Crippen molar-refractivity contribution in [2.45, 2.75) is 17.9 Å². The van der Waals surface area contributed by atoms with Crippen molar-refractivity contribution in [2.75, 3.05) is 51.7 Å². The van der Waals surface area contributed by atoms with Crippen LogP contribution in [0, 0.1) is 0 Å². The molecule has 14 heteroatoms. The summed E-state index contributed by atoms with van der Waals surface area (Å²) in [5, 5.41) is 12.3. The Labute approximate surface area is 230 Å². The molecule has 3 heterocycles. The van der Waals surface area contributed by atoms with Gasteiger partial charge in [-0.15, -0.1) is 4.68 Å². The van der Waals surface area contributed by atoms with Crippen LogP contribution in [0.15, 0.2) is 45.9 Å². The van der Waals surface area contributed by atoms with E-state index >= 15 is 0 Å². The van der Waals surface area contributed by atoms with Crippen molar-refractivity contribution < 1.29 is 27.4 Å². The molecule has 2 aromatic heterocycles. The maximum Gasteiger partial charge on any atom is 0.244 e. The maximum atomic E-state index is 13.2. The number of anilines is 1. The number of hydrogen-bond donors (Lipinski definition) is 0. The van der Waals surface area contributed by atoms with Gasteiger partial charge in [0.1, 0.15) is 4.90 Å². The number of ketones is 2. The zero-order chi connectivity index (χ0) is 28.2. The second-order valence-corrected chi connectivity index (χ2v) is 12.2. The number of rotatable bonds is 7. The summed E-state index contributed by atoms with van der Waals surface area (Å²) >= 11 is 0. The number of nitrogens with zero attached hydrogens (tertiary/aromatic N) is 8. The van der Waals surface area contributed by atoms with E-state index in [9.17, 15) is 18.0 Å². The van der Waals surface area contributed by atoms with Crippen LogP contribution in [0.5, 0.6) is 0 Å². The molecule has 0 N–H and O–H groups in total. The van der Waals surface area contributed by atoms with Gasteiger partial charge >= 0.3 is 0 Å². The second-order valence-electron chi connectivity index (χ2n) is 10.1. The Hall–Kier alpha value is -4.01. The predicted octanol–water partition coefficient (Wildman–Crippen LogP) is 0.482. The molecule has 1 aliphatic heterocycles. The van der Waals surface area contributed by atoms with Crippen molar-refractivity contribution in [1.82, 2.24) is 29.3 Å². The molecule has 6 rings (SSSR count). The quantitative estimate of drug-likeness (QED) is 0.256. The Morgan fingerprint density at radius 3 is 2.30 bits per heavy atom. The number of aryl methyl sites for hydroxylation is 1. The molecule has 1 saturated heterocycles. The first-order valence-electron chi connectivity index (χ1n) is 13.0. The molecule has 2 aliphatic rings. The molecule has 40 heavy (non-hydrogen) atoms. The topological polar surface area (TPSA) is 139 Å². The Bertz CT molecular complexity index is 1750. The standard InChI is InChI=1S/C26H29N8O5S/c1-30(2)40(37,38)20-10-9-19(21-22(20)29-39-28-21)33-15-13-32(14-16-33)11-6-12-34-24-23(27-31(34)3)25(35)17-7-4-5-8-18(17)26(24)36/h4-5,7-10H,6,11-16H2,1-3H3/q+1. The lowest BCUT2D eigenvalue weighted by atomic mass is 9.90. The normalized spacial score (nSPS) is 16.1. The van der Waals surface area contributed by atoms with Crippen LogP contribution in [0.25, 0.3) is 11.0 Å². The van der Waals surface area contributed by atoms with Gasteiger partial charge in [-0.2, -0.15) is 0 Å². The summed E-state index contributed by atoms with van der Waals surface area (Å²) in [6.45, 7) is 4.39. The largest absolute Gasteiger partial charge is 0.367 e. The molecular formula is C26H29N8O5S+. The minimum absolute atomic E-state index is 0.0645. The highest BCUT2D eigenvalue weighted by Crippen LogP contribution is 2.31. The average molecular weight is 566 g/mol. The van der Waals surface area contributed by atoms with Crippen LogP contribution < -0.4 is 9.70 Å². The highest BCUT2D eigenvalue weighted by molar-refractivity contribution is 7.89. The fourth-order valence-corrected chi connectivity index (χ4v) is 6.44. The SMILES string of the molecule is CN(C)S(=O)(=O)c1ccc(N2CCN(CCCn3c4c(n[n+]3C)C(=O)c3ccccc3C4=O)CC2)c2nonc12. The third-order valence-corrected chi connectivity index (χ3v) is 9.44. The summed E-state index contributed by atoms with van der Waals surface area (Å²) < 4.78 is 33.3. The van der Waals surface area contributed by atoms with Crippen LogP contribution in [-0.2, 0) is 23.6 Å². The van der Waals surface area contributed by atoms with E-state index in [0.29, 0.717) is 28.9 Å². The number of carbonyl (C=O) groups is 2. The number of sulfonamides is 1. The third-order valence-electron chi connectivity index (χ3n) is 7.60. The van der Waals surface area contributed by atoms with Gasteiger partial charge in [-0.3, -0.25) is 14.5 Å². The first-order chi connectivity index (χ1) is 19.2. The number of hydrogen-bond acceptors (Lipinski definition) is 10. The molecule has 0 spiro atoms. The molecule has 13 nitrogen and oxygen atoms in total. The van der Waals surface area contributed by atoms with Crippen LogP contribution in [0.1, 0.15) is 38.5 Å². The summed E-state index contributed by atoms with van der Waals surface area (Å²) in [5.41, 5.74) is 2.81. The van der Waals surface area contributed by atoms with Crippen molar-refractivity contribution in [1.29, 1.82) is 0 Å². The maximum absolute atomic E-state index is 13.2. The fourth-order valence-electron chi connectivity index (χ4n) is 5.43. The molecule has 0 atom stereocenters. The predicted molar refractivity (Wildman–Crippen MR) is 143 cm³/mol. The fraction of sp³-hybridized carbons (Fsp3) is 0.385. The van der Waals surface area contributed by atoms with Crippen LogP contribution >= 0.6 is 0 Å². The first-order valence-corrected chi connectivity index (χ1v) is 14.4. The van der Waals surface area contributed by atoms with Gasteiger partial charge < -0.3 is 4.90 Å². The van der Waals surface area contributed by atoms with Gasteiger partial charge in [0, 0.05) is 63.0 Å². The van der Waals surface area contributed by atoms with E-state index in [4.69, 9.17) is 4.63 Å². The zero-order valence-electron chi connectivity index (χ0n) is 22.4. The molecule has 0 radical (unpaired) electrons. The number of fused-ring (bicyclic) bond motifs is 3. The van der Waals surface area contributed by atoms with Crippen molar-refractivity contribution in [3.63, 3.8) is 0 Å². The van der Waals surface area contributed by atoms with E-state index < -0.39 is 10.0 Å². The first kappa shape index (κ1) is 26.2. The van der Waals surface area contributed by atoms with Crippen LogP contribution in [-0.4, -0.2) is 96.1 Å². The highest BCUT2D eigenvalue weighted by Gasteiger charge is 2.39. The van der Waals surface area contributed by atoms with E-state index in [2.05, 4.69) is 25.2 Å². The summed E-state index contributed by atoms with van der Waals surface area (Å²) in [7, 11) is 0.998. The Morgan fingerprint density at radius 2 is 1.60 bits per heavy atom. The van der Waals surface area contributed by atoms with E-state index in [-0.39, 0.29) is 27.7 Å². The number of carbonyl (C=O) groups excluding carboxylic acids is 2. The molecule has 208 valence electrons. The minimum atomic E-state index is -3.69. The summed E-state index contributed by atoms with van der Waals surface area (Å²) in [4.78, 5) is 32.3. The Balaban J connectivity index is 1.11. The molecule has 0 saturated carbocycles. The summed E-state index contributed by atoms with van der Waals surface area (Å²) in [5.74, 6) is -0.399. The number of benzene rings is 2. The smallest absolute Gasteiger partial charge is 0.244 e. The Kier molecular flexibility index (Phi) is 6.47. The Morgan fingerprint density at radius 1 is 0.925 bits per heavy atom. The molecule has 0 bridgehead atoms. The van der Waals surface area contributed by atoms with Crippen molar-refractivity contribution in [3.05, 3.63) is 58.9 Å². The molecule has 4 aromatic rings. The third kappa shape index (κ3) is 4.19. The van der Waals surface area contributed by atoms with Gasteiger partial charge in [-0.05, 0) is 33.7 Å². The van der Waals surface area contributed by atoms with Gasteiger partial charge in [0.25, 0.3) is 0 Å². The number of piperazine rings is 1. The van der Waals surface area contributed by atoms with Crippen molar-refractivity contribution >= 4 is 38.3 Å². The molecule has 1 aliphatic carbocycles. The zero-order valence-corrected chi connectivity index (χ0v) is 23.3.